The molecule has 21 heavy (non-hydrogen) atoms. The zero-order valence-corrected chi connectivity index (χ0v) is 12.1. The van der Waals surface area contributed by atoms with Crippen LogP contribution < -0.4 is 0 Å². The van der Waals surface area contributed by atoms with Crippen LogP contribution in [0, 0.1) is 5.41 Å². The van der Waals surface area contributed by atoms with Crippen LogP contribution in [-0.4, -0.2) is 24.1 Å². The fourth-order valence-corrected chi connectivity index (χ4v) is 2.09. The van der Waals surface area contributed by atoms with Crippen LogP contribution in [0.3, 0.4) is 0 Å². The van der Waals surface area contributed by atoms with E-state index >= 15 is 0 Å². The molecule has 0 fully saturated rings. The second kappa shape index (κ2) is 6.93. The third-order valence-corrected chi connectivity index (χ3v) is 3.37. The van der Waals surface area contributed by atoms with Gasteiger partial charge in [-0.2, -0.15) is 0 Å². The molecule has 0 bridgehead atoms. The third-order valence-electron chi connectivity index (χ3n) is 3.37. The third kappa shape index (κ3) is 3.85. The molecule has 0 saturated heterocycles. The van der Waals surface area contributed by atoms with Gasteiger partial charge >= 0.3 is 0 Å². The molecular weight excluding hydrogens is 263 g/mol. The van der Waals surface area contributed by atoms with E-state index in [1.807, 2.05) is 60.7 Å². The quantitative estimate of drug-likeness (QED) is 0.767. The molecular formula is C18H19FN2. The fourth-order valence-electron chi connectivity index (χ4n) is 2.09. The summed E-state index contributed by atoms with van der Waals surface area (Å²) in [6.45, 7) is 1.29. The minimum atomic E-state index is -0.824. The van der Waals surface area contributed by atoms with E-state index in [0.29, 0.717) is 0 Å². The Morgan fingerprint density at radius 2 is 1.52 bits per heavy atom. The van der Waals surface area contributed by atoms with E-state index in [-0.39, 0.29) is 6.42 Å². The minimum Gasteiger partial charge on any atom is -0.311 e. The van der Waals surface area contributed by atoms with Gasteiger partial charge in [-0.05, 0) is 6.92 Å². The van der Waals surface area contributed by atoms with Gasteiger partial charge in [0.2, 0.25) is 0 Å². The van der Waals surface area contributed by atoms with Crippen molar-refractivity contribution in [3.8, 4) is 0 Å². The summed E-state index contributed by atoms with van der Waals surface area (Å²) in [5.41, 5.74) is 1.90. The lowest BCUT2D eigenvalue weighted by molar-refractivity contribution is 0.421. The summed E-state index contributed by atoms with van der Waals surface area (Å²) in [6, 6.07) is 19.6. The molecule has 2 aromatic carbocycles. The Bertz CT molecular complexity index is 566. The van der Waals surface area contributed by atoms with Gasteiger partial charge < -0.3 is 5.41 Å². The van der Waals surface area contributed by atoms with Crippen molar-refractivity contribution in [3.63, 3.8) is 0 Å². The Morgan fingerprint density at radius 1 is 1.05 bits per heavy atom. The van der Waals surface area contributed by atoms with Crippen molar-refractivity contribution in [1.82, 2.24) is 0 Å². The van der Waals surface area contributed by atoms with Crippen LogP contribution in [-0.2, 0) is 0 Å². The van der Waals surface area contributed by atoms with Crippen LogP contribution in [0.2, 0.25) is 0 Å². The first kappa shape index (κ1) is 15.1. The SMILES string of the molecule is CC(C=N)(CCF)N=C(c1ccccc1)c1ccccc1. The maximum atomic E-state index is 12.8. The number of hydrogen-bond acceptors (Lipinski definition) is 2. The maximum absolute atomic E-state index is 12.8. The molecule has 1 N–H and O–H groups in total. The predicted molar refractivity (Wildman–Crippen MR) is 86.3 cm³/mol. The van der Waals surface area contributed by atoms with Crippen molar-refractivity contribution in [3.05, 3.63) is 71.8 Å². The monoisotopic (exact) mass is 282 g/mol. The van der Waals surface area contributed by atoms with Gasteiger partial charge in [0, 0.05) is 23.8 Å². The molecule has 0 aliphatic heterocycles. The summed E-state index contributed by atoms with van der Waals surface area (Å²) in [7, 11) is 0. The molecule has 2 rings (SSSR count). The molecule has 2 nitrogen and oxygen atoms in total. The molecule has 108 valence electrons. The second-order valence-corrected chi connectivity index (χ2v) is 5.13. The number of nitrogens with zero attached hydrogens (tertiary/aromatic N) is 1. The zero-order valence-electron chi connectivity index (χ0n) is 12.1. The Morgan fingerprint density at radius 3 is 1.90 bits per heavy atom. The van der Waals surface area contributed by atoms with Gasteiger partial charge in [-0.25, -0.2) is 0 Å². The number of hydrogen-bond donors (Lipinski definition) is 1. The number of rotatable bonds is 6. The van der Waals surface area contributed by atoms with Crippen molar-refractivity contribution in [1.29, 1.82) is 5.41 Å². The molecule has 0 aliphatic rings. The molecule has 3 heteroatoms. The largest absolute Gasteiger partial charge is 0.311 e. The molecule has 1 unspecified atom stereocenters. The van der Waals surface area contributed by atoms with Crippen LogP contribution >= 0.6 is 0 Å². The number of benzene rings is 2. The number of alkyl halides is 1. The first-order valence-electron chi connectivity index (χ1n) is 6.97. The van der Waals surface area contributed by atoms with Crippen LogP contribution in [0.4, 0.5) is 4.39 Å². The second-order valence-electron chi connectivity index (χ2n) is 5.13. The first-order chi connectivity index (χ1) is 10.2. The summed E-state index contributed by atoms with van der Waals surface area (Å²) in [5.74, 6) is 0. The Hall–Kier alpha value is -2.29. The molecule has 0 aliphatic carbocycles. The first-order valence-corrected chi connectivity index (χ1v) is 6.97. The van der Waals surface area contributed by atoms with Crippen molar-refractivity contribution in [2.75, 3.05) is 6.67 Å². The highest BCUT2D eigenvalue weighted by atomic mass is 19.1. The number of halogens is 1. The fraction of sp³-hybridized carbons (Fsp3) is 0.222. The average molecular weight is 282 g/mol. The number of nitrogens with one attached hydrogen (secondary N) is 1. The summed E-state index contributed by atoms with van der Waals surface area (Å²) in [6.07, 6.45) is 1.43. The van der Waals surface area contributed by atoms with E-state index in [1.54, 1.807) is 6.92 Å². The standard InChI is InChI=1S/C18H19FN2/c1-18(14-20,12-13-19)21-17(15-8-4-2-5-9-15)16-10-6-3-7-11-16/h2-11,14,20H,12-13H2,1H3. The van der Waals surface area contributed by atoms with Gasteiger partial charge in [0.15, 0.2) is 0 Å². The lowest BCUT2D eigenvalue weighted by atomic mass is 9.97. The molecule has 1 atom stereocenters. The van der Waals surface area contributed by atoms with Gasteiger partial charge in [0.05, 0.1) is 17.9 Å². The zero-order chi connectivity index (χ0) is 15.1. The Labute approximate surface area is 124 Å². The van der Waals surface area contributed by atoms with Gasteiger partial charge in [-0.3, -0.25) is 9.38 Å². The van der Waals surface area contributed by atoms with Crippen molar-refractivity contribution in [2.24, 2.45) is 4.99 Å². The molecule has 0 radical (unpaired) electrons. The highest BCUT2D eigenvalue weighted by molar-refractivity contribution is 6.13. The summed E-state index contributed by atoms with van der Waals surface area (Å²) < 4.78 is 12.8. The summed E-state index contributed by atoms with van der Waals surface area (Å²) >= 11 is 0. The molecule has 0 aromatic heterocycles. The summed E-state index contributed by atoms with van der Waals surface area (Å²) in [5, 5.41) is 7.58. The van der Waals surface area contributed by atoms with Gasteiger partial charge in [-0.15, -0.1) is 0 Å². The Balaban J connectivity index is 2.54. The van der Waals surface area contributed by atoms with E-state index in [9.17, 15) is 4.39 Å². The van der Waals surface area contributed by atoms with Crippen LogP contribution in [0.5, 0.6) is 0 Å². The topological polar surface area (TPSA) is 36.2 Å². The van der Waals surface area contributed by atoms with Crippen molar-refractivity contribution < 1.29 is 4.39 Å². The maximum Gasteiger partial charge on any atom is 0.0954 e. The number of aliphatic imine (C=N–C) groups is 1. The van der Waals surface area contributed by atoms with Crippen LogP contribution in [0.25, 0.3) is 0 Å². The highest BCUT2D eigenvalue weighted by Gasteiger charge is 2.22. The van der Waals surface area contributed by atoms with Gasteiger partial charge in [0.1, 0.15) is 0 Å². The lowest BCUT2D eigenvalue weighted by Gasteiger charge is -2.21. The van der Waals surface area contributed by atoms with Gasteiger partial charge in [0.25, 0.3) is 0 Å². The normalized spacial score (nSPS) is 13.2. The van der Waals surface area contributed by atoms with E-state index in [1.165, 1.54) is 6.21 Å². The van der Waals surface area contributed by atoms with E-state index in [2.05, 4.69) is 0 Å². The molecule has 0 amide bonds. The van der Waals surface area contributed by atoms with Crippen LogP contribution in [0.1, 0.15) is 24.5 Å². The Kier molecular flexibility index (Phi) is 4.99. The highest BCUT2D eigenvalue weighted by Crippen LogP contribution is 2.19. The molecule has 0 saturated carbocycles. The minimum absolute atomic E-state index is 0.208. The lowest BCUT2D eigenvalue weighted by Crippen LogP contribution is -2.27. The van der Waals surface area contributed by atoms with Crippen molar-refractivity contribution >= 4 is 11.9 Å². The molecule has 2 aromatic rings. The molecule has 0 spiro atoms. The van der Waals surface area contributed by atoms with E-state index in [4.69, 9.17) is 10.4 Å². The van der Waals surface area contributed by atoms with E-state index in [0.717, 1.165) is 16.8 Å². The average Bonchev–Trinajstić information content (AvgIpc) is 2.55. The van der Waals surface area contributed by atoms with Gasteiger partial charge in [-0.1, -0.05) is 60.7 Å². The predicted octanol–water partition coefficient (Wildman–Crippen LogP) is 4.29. The smallest absolute Gasteiger partial charge is 0.0954 e. The van der Waals surface area contributed by atoms with E-state index < -0.39 is 12.2 Å². The van der Waals surface area contributed by atoms with Crippen molar-refractivity contribution in [2.45, 2.75) is 18.9 Å². The van der Waals surface area contributed by atoms with Crippen LogP contribution in [0.15, 0.2) is 65.7 Å². The summed E-state index contributed by atoms with van der Waals surface area (Å²) in [4.78, 5) is 4.69. The molecule has 0 heterocycles.